The second-order valence-electron chi connectivity index (χ2n) is 4.48. The van der Waals surface area contributed by atoms with Crippen LogP contribution in [0.15, 0.2) is 23.9 Å². The van der Waals surface area contributed by atoms with E-state index in [-0.39, 0.29) is 38.1 Å². The van der Waals surface area contributed by atoms with Gasteiger partial charge in [-0.2, -0.15) is 0 Å². The highest BCUT2D eigenvalue weighted by Gasteiger charge is 2.11. The third kappa shape index (κ3) is 8.93. The number of carboxylic acid groups (broad SMARTS) is 2. The summed E-state index contributed by atoms with van der Waals surface area (Å²) in [6.45, 7) is 6.82. The van der Waals surface area contributed by atoms with Gasteiger partial charge < -0.3 is 19.7 Å². The second kappa shape index (κ2) is 10.8. The van der Waals surface area contributed by atoms with E-state index in [0.29, 0.717) is 5.57 Å². The van der Waals surface area contributed by atoms with Gasteiger partial charge in [0.05, 0.1) is 12.4 Å². The smallest absolute Gasteiger partial charge is 0.411 e. The lowest BCUT2D eigenvalue weighted by atomic mass is 10.2. The lowest BCUT2D eigenvalue weighted by Gasteiger charge is -2.15. The molecule has 0 heterocycles. The molecule has 0 aromatic carbocycles. The number of nitrogens with zero attached hydrogens (tertiary/aromatic N) is 2. The molecule has 0 spiro atoms. The summed E-state index contributed by atoms with van der Waals surface area (Å²) in [6.07, 6.45) is 0.0576. The van der Waals surface area contributed by atoms with Gasteiger partial charge >= 0.3 is 12.1 Å². The molecule has 0 aromatic rings. The molecule has 0 bridgehead atoms. The molecule has 0 rings (SSSR count). The molecule has 8 nitrogen and oxygen atoms in total. The van der Waals surface area contributed by atoms with Crippen molar-refractivity contribution in [3.05, 3.63) is 28.8 Å². The molecule has 23 heavy (non-hydrogen) atoms. The summed E-state index contributed by atoms with van der Waals surface area (Å²) in [5.41, 5.74) is 0.178. The summed E-state index contributed by atoms with van der Waals surface area (Å²) >= 11 is 0. The van der Waals surface area contributed by atoms with E-state index in [0.717, 1.165) is 11.1 Å². The van der Waals surface area contributed by atoms with Crippen LogP contribution >= 0.6 is 0 Å². The lowest BCUT2D eigenvalue weighted by molar-refractivity contribution is -0.299. The van der Waals surface area contributed by atoms with Crippen LogP contribution in [0.5, 0.6) is 0 Å². The fourth-order valence-corrected chi connectivity index (χ4v) is 1.33. The third-order valence-electron chi connectivity index (χ3n) is 2.56. The average molecular weight is 324 g/mol. The minimum atomic E-state index is -1.41. The summed E-state index contributed by atoms with van der Waals surface area (Å²) in [7, 11) is 0. The first-order valence-corrected chi connectivity index (χ1v) is 6.93. The molecular formula is C15H20N2O6. The molecule has 126 valence electrons. The number of hydrogen-bond donors (Lipinski definition) is 1. The molecule has 0 unspecified atom stereocenters. The largest absolute Gasteiger partial charge is 0.545 e. The van der Waals surface area contributed by atoms with E-state index in [1.54, 1.807) is 6.92 Å². The number of rotatable bonds is 8. The fourth-order valence-electron chi connectivity index (χ4n) is 1.33. The maximum absolute atomic E-state index is 11.1. The Morgan fingerprint density at radius 3 is 2.57 bits per heavy atom. The van der Waals surface area contributed by atoms with Crippen LogP contribution in [-0.2, 0) is 14.3 Å². The topological polar surface area (TPSA) is 111 Å². The highest BCUT2D eigenvalue weighted by molar-refractivity contribution is 5.87. The number of esters is 1. The standard InChI is InChI=1S/C15H20N2O6/c1-4-12(13(18)19)10-17(15(21)22)8-5-6-16-7-9-23-14(20)11(2)3/h10H,2,4-5,7-9H2,1,3H3,(H-,18,19,21,22). The predicted molar refractivity (Wildman–Crippen MR) is 80.6 cm³/mol. The van der Waals surface area contributed by atoms with Crippen molar-refractivity contribution < 1.29 is 29.3 Å². The zero-order valence-electron chi connectivity index (χ0n) is 13.2. The molecule has 8 heteroatoms. The first-order chi connectivity index (χ1) is 10.8. The van der Waals surface area contributed by atoms with Crippen LogP contribution in [0.2, 0.25) is 0 Å². The molecule has 0 atom stereocenters. The normalized spacial score (nSPS) is 10.3. The number of carboxylic acids is 1. The average Bonchev–Trinajstić information content (AvgIpc) is 2.48. The number of amides is 1. The van der Waals surface area contributed by atoms with E-state index in [1.165, 1.54) is 6.92 Å². The maximum Gasteiger partial charge on any atom is 0.411 e. The van der Waals surface area contributed by atoms with Gasteiger partial charge in [-0.05, 0) is 18.9 Å². The predicted octanol–water partition coefficient (Wildman–Crippen LogP) is 0.853. The monoisotopic (exact) mass is 324 g/mol. The van der Waals surface area contributed by atoms with Gasteiger partial charge in [-0.25, -0.2) is 9.59 Å². The van der Waals surface area contributed by atoms with Gasteiger partial charge in [0.2, 0.25) is 0 Å². The van der Waals surface area contributed by atoms with E-state index in [9.17, 15) is 19.5 Å². The Morgan fingerprint density at radius 2 is 2.09 bits per heavy atom. The van der Waals surface area contributed by atoms with Gasteiger partial charge in [0.15, 0.2) is 6.61 Å². The number of aliphatic carboxylic acids is 1. The van der Waals surface area contributed by atoms with Crippen molar-refractivity contribution in [1.29, 1.82) is 0 Å². The first kappa shape index (κ1) is 20.2. The first-order valence-electron chi connectivity index (χ1n) is 6.93. The van der Waals surface area contributed by atoms with Crippen molar-refractivity contribution in [2.24, 2.45) is 0 Å². The van der Waals surface area contributed by atoms with Crippen molar-refractivity contribution in [3.8, 4) is 6.07 Å². The van der Waals surface area contributed by atoms with Gasteiger partial charge in [0.1, 0.15) is 0 Å². The van der Waals surface area contributed by atoms with Gasteiger partial charge in [-0.1, -0.05) is 18.3 Å². The van der Waals surface area contributed by atoms with Gasteiger partial charge in [0, 0.05) is 18.3 Å². The van der Waals surface area contributed by atoms with E-state index in [4.69, 9.17) is 9.84 Å². The van der Waals surface area contributed by atoms with Gasteiger partial charge in [-0.3, -0.25) is 4.90 Å². The third-order valence-corrected chi connectivity index (χ3v) is 2.56. The zero-order chi connectivity index (χ0) is 17.8. The van der Waals surface area contributed by atoms with Crippen molar-refractivity contribution >= 4 is 18.0 Å². The van der Waals surface area contributed by atoms with E-state index >= 15 is 0 Å². The van der Waals surface area contributed by atoms with Gasteiger partial charge in [0.25, 0.3) is 12.6 Å². The van der Waals surface area contributed by atoms with Crippen LogP contribution in [0.25, 0.3) is 4.85 Å². The van der Waals surface area contributed by atoms with E-state index < -0.39 is 18.0 Å². The molecule has 0 aliphatic rings. The highest BCUT2D eigenvalue weighted by atomic mass is 16.5. The summed E-state index contributed by atoms with van der Waals surface area (Å²) in [5, 5.41) is 19.8. The molecule has 0 fully saturated rings. The molecule has 0 aliphatic heterocycles. The number of ether oxygens (including phenoxy) is 1. The number of hydrogen-bond acceptors (Lipinski definition) is 5. The summed E-state index contributed by atoms with van der Waals surface area (Å²) in [6, 6.07) is 2.61. The Balaban J connectivity index is 4.34. The lowest BCUT2D eigenvalue weighted by Crippen LogP contribution is -2.30. The molecule has 0 aromatic heterocycles. The Morgan fingerprint density at radius 1 is 1.43 bits per heavy atom. The summed E-state index contributed by atoms with van der Waals surface area (Å²) < 4.78 is 4.80. The molecule has 0 saturated carbocycles. The van der Waals surface area contributed by atoms with Crippen molar-refractivity contribution in [3.63, 3.8) is 0 Å². The minimum Gasteiger partial charge on any atom is -0.545 e. The number of carbonyl (C=O) groups excluding carboxylic acids is 2. The maximum atomic E-state index is 11.1. The van der Waals surface area contributed by atoms with Crippen LogP contribution in [0.4, 0.5) is 4.79 Å². The SMILES string of the molecule is C=C(C)C(=O)OCC[N+]#CCCN(C=C(CC)C(=O)[O-])C(=O)O. The molecule has 1 amide bonds. The van der Waals surface area contributed by atoms with E-state index in [2.05, 4.69) is 17.5 Å². The molecule has 0 aliphatic carbocycles. The molecule has 0 saturated heterocycles. The van der Waals surface area contributed by atoms with Crippen LogP contribution in [-0.4, -0.2) is 47.7 Å². The van der Waals surface area contributed by atoms with Crippen molar-refractivity contribution in [2.75, 3.05) is 19.7 Å². The van der Waals surface area contributed by atoms with Crippen LogP contribution in [0, 0.1) is 6.07 Å². The van der Waals surface area contributed by atoms with Crippen molar-refractivity contribution in [2.45, 2.75) is 26.7 Å². The minimum absolute atomic E-state index is 0.00116. The summed E-state index contributed by atoms with van der Waals surface area (Å²) in [5.74, 6) is -1.91. The number of carbonyl (C=O) groups is 3. The van der Waals surface area contributed by atoms with Crippen LogP contribution in [0.3, 0.4) is 0 Å². The quantitative estimate of drug-likeness (QED) is 0.402. The Kier molecular flexibility index (Phi) is 9.51. The molecular weight excluding hydrogens is 304 g/mol. The second-order valence-corrected chi connectivity index (χ2v) is 4.48. The van der Waals surface area contributed by atoms with Crippen molar-refractivity contribution in [1.82, 2.24) is 4.90 Å². The van der Waals surface area contributed by atoms with Crippen LogP contribution in [0.1, 0.15) is 26.7 Å². The van der Waals surface area contributed by atoms with Crippen LogP contribution < -0.4 is 5.11 Å². The Labute approximate surface area is 134 Å². The zero-order valence-corrected chi connectivity index (χ0v) is 13.2. The highest BCUT2D eigenvalue weighted by Crippen LogP contribution is 2.04. The van der Waals surface area contributed by atoms with E-state index in [1.807, 2.05) is 0 Å². The molecule has 0 radical (unpaired) electrons. The van der Waals surface area contributed by atoms with Gasteiger partial charge in [-0.15, -0.1) is 0 Å². The fraction of sp³-hybridized carbons (Fsp3) is 0.467. The Hall–Kier alpha value is -2.82. The summed E-state index contributed by atoms with van der Waals surface area (Å²) in [4.78, 5) is 37.5. The Bertz CT molecular complexity index is 556. The molecule has 1 N–H and O–H groups in total.